The number of carbonyl (C=O) groups excluding carboxylic acids is 3. The minimum atomic E-state index is -0.761. The number of unbranched alkanes of at least 4 members (excludes halogenated alkanes) is 51. The van der Waals surface area contributed by atoms with Gasteiger partial charge in [-0.15, -0.1) is 0 Å². The number of esters is 3. The number of rotatable bonds is 62. The summed E-state index contributed by atoms with van der Waals surface area (Å²) in [4.78, 5) is 38.1. The zero-order chi connectivity index (χ0) is 52.2. The van der Waals surface area contributed by atoms with Crippen molar-refractivity contribution >= 4 is 17.9 Å². The Hall–Kier alpha value is -1.59. The molecule has 6 nitrogen and oxygen atoms in total. The average Bonchev–Trinajstić information content (AvgIpc) is 3.38. The van der Waals surface area contributed by atoms with Crippen molar-refractivity contribution in [3.05, 3.63) is 0 Å². The maximum Gasteiger partial charge on any atom is 0.306 e. The third kappa shape index (κ3) is 59.3. The van der Waals surface area contributed by atoms with Crippen LogP contribution in [-0.2, 0) is 28.6 Å². The van der Waals surface area contributed by atoms with Crippen molar-refractivity contribution in [3.63, 3.8) is 0 Å². The SMILES string of the molecule is CCCCCCCCCCCCCCCCCCCCCCCCCCCC(=O)OCC(COC(=O)CCCCCCCCC)OC(=O)CCCCCCCCCCCCCCCCCCCCCCCC. The summed E-state index contributed by atoms with van der Waals surface area (Å²) >= 11 is 0. The summed E-state index contributed by atoms with van der Waals surface area (Å²) in [6, 6.07) is 0. The van der Waals surface area contributed by atoms with Gasteiger partial charge in [0.15, 0.2) is 6.10 Å². The lowest BCUT2D eigenvalue weighted by Crippen LogP contribution is -2.30. The summed E-state index contributed by atoms with van der Waals surface area (Å²) in [6.45, 7) is 6.68. The molecule has 0 radical (unpaired) electrons. The van der Waals surface area contributed by atoms with Gasteiger partial charge in [-0.2, -0.15) is 0 Å². The summed E-state index contributed by atoms with van der Waals surface area (Å²) in [5.74, 6) is -0.836. The molecule has 0 saturated carbocycles. The number of hydrogen-bond acceptors (Lipinski definition) is 6. The lowest BCUT2D eigenvalue weighted by atomic mass is 10.0. The van der Waals surface area contributed by atoms with Gasteiger partial charge in [0.1, 0.15) is 13.2 Å². The molecule has 0 aliphatic carbocycles. The Kier molecular flexibility index (Phi) is 60.6. The first kappa shape index (κ1) is 70.4. The van der Waals surface area contributed by atoms with E-state index in [2.05, 4.69) is 20.8 Å². The summed E-state index contributed by atoms with van der Waals surface area (Å²) < 4.78 is 16.9. The molecule has 1 atom stereocenters. The van der Waals surface area contributed by atoms with E-state index in [4.69, 9.17) is 14.2 Å². The van der Waals surface area contributed by atoms with Crippen LogP contribution in [0.3, 0.4) is 0 Å². The lowest BCUT2D eigenvalue weighted by Gasteiger charge is -2.18. The summed E-state index contributed by atoms with van der Waals surface area (Å²) in [6.07, 6.45) is 71.5. The predicted octanol–water partition coefficient (Wildman–Crippen LogP) is 22.3. The molecule has 6 heteroatoms. The average molecular weight is 1020 g/mol. The lowest BCUT2D eigenvalue weighted by molar-refractivity contribution is -0.167. The van der Waals surface area contributed by atoms with Gasteiger partial charge in [0.05, 0.1) is 0 Å². The summed E-state index contributed by atoms with van der Waals surface area (Å²) in [7, 11) is 0. The predicted molar refractivity (Wildman–Crippen MR) is 312 cm³/mol. The van der Waals surface area contributed by atoms with Crippen LogP contribution in [0.1, 0.15) is 387 Å². The van der Waals surface area contributed by atoms with E-state index in [0.29, 0.717) is 19.3 Å². The van der Waals surface area contributed by atoms with E-state index in [1.54, 1.807) is 0 Å². The van der Waals surface area contributed by atoms with Crippen LogP contribution < -0.4 is 0 Å². The third-order valence-electron chi connectivity index (χ3n) is 15.4. The van der Waals surface area contributed by atoms with Crippen molar-refractivity contribution in [2.24, 2.45) is 0 Å². The molecule has 0 rings (SSSR count). The third-order valence-corrected chi connectivity index (χ3v) is 15.4. The molecule has 0 amide bonds. The molecule has 72 heavy (non-hydrogen) atoms. The van der Waals surface area contributed by atoms with Gasteiger partial charge in [-0.25, -0.2) is 0 Å². The minimum Gasteiger partial charge on any atom is -0.462 e. The summed E-state index contributed by atoms with van der Waals surface area (Å²) in [5.41, 5.74) is 0. The van der Waals surface area contributed by atoms with Crippen LogP contribution in [0.5, 0.6) is 0 Å². The molecule has 0 bridgehead atoms. The van der Waals surface area contributed by atoms with Crippen LogP contribution in [0.25, 0.3) is 0 Å². The number of ether oxygens (including phenoxy) is 3. The fraction of sp³-hybridized carbons (Fsp3) is 0.955. The van der Waals surface area contributed by atoms with Gasteiger partial charge in [-0.05, 0) is 19.3 Å². The molecule has 0 aromatic carbocycles. The van der Waals surface area contributed by atoms with Crippen LogP contribution in [0.15, 0.2) is 0 Å². The van der Waals surface area contributed by atoms with E-state index in [1.807, 2.05) is 0 Å². The topological polar surface area (TPSA) is 78.9 Å². The Morgan fingerprint density at radius 3 is 0.556 bits per heavy atom. The second-order valence-electron chi connectivity index (χ2n) is 22.8. The molecule has 0 aliphatic rings. The number of hydrogen-bond donors (Lipinski definition) is 0. The second-order valence-corrected chi connectivity index (χ2v) is 22.8. The largest absolute Gasteiger partial charge is 0.462 e. The highest BCUT2D eigenvalue weighted by atomic mass is 16.6. The Balaban J connectivity index is 4.03. The molecule has 0 saturated heterocycles. The van der Waals surface area contributed by atoms with Crippen molar-refractivity contribution in [1.29, 1.82) is 0 Å². The number of carbonyl (C=O) groups is 3. The molecule has 0 heterocycles. The van der Waals surface area contributed by atoms with Gasteiger partial charge < -0.3 is 14.2 Å². The van der Waals surface area contributed by atoms with Crippen LogP contribution in [-0.4, -0.2) is 37.2 Å². The van der Waals surface area contributed by atoms with Gasteiger partial charge in [0.2, 0.25) is 0 Å². The van der Waals surface area contributed by atoms with E-state index in [-0.39, 0.29) is 31.1 Å². The zero-order valence-electron chi connectivity index (χ0n) is 49.2. The Labute approximate surface area is 450 Å². The smallest absolute Gasteiger partial charge is 0.306 e. The normalized spacial score (nSPS) is 11.9. The Morgan fingerprint density at radius 2 is 0.375 bits per heavy atom. The van der Waals surface area contributed by atoms with Crippen LogP contribution in [0.4, 0.5) is 0 Å². The van der Waals surface area contributed by atoms with E-state index in [1.165, 1.54) is 289 Å². The fourth-order valence-electron chi connectivity index (χ4n) is 10.4. The maximum atomic E-state index is 12.9. The van der Waals surface area contributed by atoms with Crippen molar-refractivity contribution in [3.8, 4) is 0 Å². The monoisotopic (exact) mass is 1020 g/mol. The molecule has 0 aliphatic heterocycles. The van der Waals surface area contributed by atoms with E-state index in [9.17, 15) is 14.4 Å². The van der Waals surface area contributed by atoms with Gasteiger partial charge in [-0.3, -0.25) is 14.4 Å². The Morgan fingerprint density at radius 1 is 0.222 bits per heavy atom. The maximum absolute atomic E-state index is 12.9. The van der Waals surface area contributed by atoms with Crippen molar-refractivity contribution in [2.75, 3.05) is 13.2 Å². The first-order valence-corrected chi connectivity index (χ1v) is 33.0. The Bertz CT molecular complexity index is 1080. The molecule has 0 fully saturated rings. The van der Waals surface area contributed by atoms with Gasteiger partial charge in [0, 0.05) is 19.3 Å². The molecular weight excluding hydrogens is 889 g/mol. The van der Waals surface area contributed by atoms with Crippen LogP contribution in [0.2, 0.25) is 0 Å². The second kappa shape index (κ2) is 62.0. The van der Waals surface area contributed by atoms with Gasteiger partial charge in [-0.1, -0.05) is 348 Å². The first-order chi connectivity index (χ1) is 35.5. The van der Waals surface area contributed by atoms with Gasteiger partial charge >= 0.3 is 17.9 Å². The molecule has 0 spiro atoms. The standard InChI is InChI=1S/C66H128O6/c1-4-7-10-13-16-18-20-22-24-26-28-30-32-33-34-36-37-39-41-43-45-47-50-53-56-59-65(68)71-62-63(61-70-64(67)58-55-52-49-15-12-9-6-3)72-66(69)60-57-54-51-48-46-44-42-40-38-35-31-29-27-25-23-21-19-17-14-11-8-5-2/h63H,4-62H2,1-3H3. The molecule has 0 aromatic rings. The van der Waals surface area contributed by atoms with Crippen molar-refractivity contribution in [1.82, 2.24) is 0 Å². The quantitative estimate of drug-likeness (QED) is 0.0343. The highest BCUT2D eigenvalue weighted by molar-refractivity contribution is 5.71. The first-order valence-electron chi connectivity index (χ1n) is 33.0. The molecule has 1 unspecified atom stereocenters. The van der Waals surface area contributed by atoms with Crippen LogP contribution >= 0.6 is 0 Å². The van der Waals surface area contributed by atoms with E-state index < -0.39 is 6.10 Å². The van der Waals surface area contributed by atoms with E-state index >= 15 is 0 Å². The fourth-order valence-corrected chi connectivity index (χ4v) is 10.4. The van der Waals surface area contributed by atoms with Crippen molar-refractivity contribution in [2.45, 2.75) is 393 Å². The summed E-state index contributed by atoms with van der Waals surface area (Å²) in [5, 5.41) is 0. The highest BCUT2D eigenvalue weighted by Gasteiger charge is 2.19. The molecule has 0 N–H and O–H groups in total. The van der Waals surface area contributed by atoms with Crippen molar-refractivity contribution < 1.29 is 28.6 Å². The molecule has 428 valence electrons. The zero-order valence-corrected chi connectivity index (χ0v) is 49.2. The van der Waals surface area contributed by atoms with Gasteiger partial charge in [0.25, 0.3) is 0 Å². The molecule has 0 aromatic heterocycles. The van der Waals surface area contributed by atoms with E-state index in [0.717, 1.165) is 57.8 Å². The minimum absolute atomic E-state index is 0.0614. The van der Waals surface area contributed by atoms with Crippen LogP contribution in [0, 0.1) is 0 Å². The molecular formula is C66H128O6. The highest BCUT2D eigenvalue weighted by Crippen LogP contribution is 2.19.